The van der Waals surface area contributed by atoms with E-state index in [0.717, 1.165) is 24.4 Å². The highest BCUT2D eigenvalue weighted by molar-refractivity contribution is 7.99. The van der Waals surface area contributed by atoms with Gasteiger partial charge in [0, 0.05) is 6.54 Å². The topological polar surface area (TPSA) is 73.0 Å². The monoisotopic (exact) mass is 382 g/mol. The average molecular weight is 382 g/mol. The molecule has 1 aliphatic carbocycles. The van der Waals surface area contributed by atoms with Crippen molar-refractivity contribution in [1.29, 1.82) is 0 Å². The normalized spacial score (nSPS) is 16.1. The smallest absolute Gasteiger partial charge is 0.230 e. The molecule has 6 nitrogen and oxygen atoms in total. The fourth-order valence-corrected chi connectivity index (χ4v) is 4.35. The third kappa shape index (κ3) is 3.78. The summed E-state index contributed by atoms with van der Waals surface area (Å²) in [5.74, 6) is 1.70. The third-order valence-corrected chi connectivity index (χ3v) is 5.78. The van der Waals surface area contributed by atoms with Gasteiger partial charge in [0.1, 0.15) is 0 Å². The Hall–Kier alpha value is -2.54. The van der Waals surface area contributed by atoms with Crippen LogP contribution in [0.5, 0.6) is 0 Å². The molecule has 1 unspecified atom stereocenters. The molecule has 1 aromatic carbocycles. The van der Waals surface area contributed by atoms with Crippen LogP contribution in [0.2, 0.25) is 0 Å². The summed E-state index contributed by atoms with van der Waals surface area (Å²) in [4.78, 5) is 12.5. The fourth-order valence-electron chi connectivity index (χ4n) is 3.54. The van der Waals surface area contributed by atoms with Crippen molar-refractivity contribution in [2.24, 2.45) is 0 Å². The van der Waals surface area contributed by atoms with Gasteiger partial charge in [-0.25, -0.2) is 0 Å². The number of amides is 1. The number of nitrogens with one attached hydrogen (secondary N) is 1. The molecule has 1 atom stereocenters. The summed E-state index contributed by atoms with van der Waals surface area (Å²) in [6, 6.07) is 12.2. The summed E-state index contributed by atoms with van der Waals surface area (Å²) in [5.41, 5.74) is 2.59. The lowest BCUT2D eigenvalue weighted by Crippen LogP contribution is -2.32. The van der Waals surface area contributed by atoms with Crippen LogP contribution in [0, 0.1) is 0 Å². The number of rotatable bonds is 6. The van der Waals surface area contributed by atoms with Crippen molar-refractivity contribution in [3.8, 4) is 11.6 Å². The Kier molecular flexibility index (Phi) is 5.29. The molecule has 27 heavy (non-hydrogen) atoms. The minimum atomic E-state index is 0.0203. The summed E-state index contributed by atoms with van der Waals surface area (Å²) >= 11 is 1.40. The number of hydrogen-bond acceptors (Lipinski definition) is 5. The van der Waals surface area contributed by atoms with E-state index in [1.54, 1.807) is 6.26 Å². The van der Waals surface area contributed by atoms with Gasteiger partial charge in [0.15, 0.2) is 16.7 Å². The molecule has 3 aromatic rings. The van der Waals surface area contributed by atoms with Gasteiger partial charge >= 0.3 is 0 Å². The van der Waals surface area contributed by atoms with Crippen LogP contribution in [-0.2, 0) is 17.8 Å². The molecule has 0 aliphatic heterocycles. The average Bonchev–Trinajstić information content (AvgIpc) is 3.36. The molecule has 2 heterocycles. The molecule has 140 valence electrons. The van der Waals surface area contributed by atoms with E-state index in [2.05, 4.69) is 33.7 Å². The largest absolute Gasteiger partial charge is 0.461 e. The SMILES string of the molecule is CCn1c(SCC(=O)NC2CCCc3ccccc32)nnc1-c1ccco1. The number of aryl methyl sites for hydroxylation is 1. The molecule has 0 fully saturated rings. The first-order valence-corrected chi connectivity index (χ1v) is 10.2. The highest BCUT2D eigenvalue weighted by Gasteiger charge is 2.22. The van der Waals surface area contributed by atoms with E-state index in [-0.39, 0.29) is 11.9 Å². The number of hydrogen-bond donors (Lipinski definition) is 1. The zero-order chi connectivity index (χ0) is 18.6. The first-order chi connectivity index (χ1) is 13.3. The lowest BCUT2D eigenvalue weighted by atomic mass is 9.88. The van der Waals surface area contributed by atoms with Gasteiger partial charge in [0.05, 0.1) is 18.1 Å². The zero-order valence-corrected chi connectivity index (χ0v) is 16.0. The number of carbonyl (C=O) groups is 1. The quantitative estimate of drug-likeness (QED) is 0.656. The van der Waals surface area contributed by atoms with Crippen LogP contribution in [0.3, 0.4) is 0 Å². The summed E-state index contributed by atoms with van der Waals surface area (Å²) in [6.07, 6.45) is 4.80. The summed E-state index contributed by atoms with van der Waals surface area (Å²) in [7, 11) is 0. The maximum absolute atomic E-state index is 12.5. The van der Waals surface area contributed by atoms with Crippen molar-refractivity contribution in [1.82, 2.24) is 20.1 Å². The molecular formula is C20H22N4O2S. The van der Waals surface area contributed by atoms with Gasteiger partial charge in [0.2, 0.25) is 5.91 Å². The molecule has 0 radical (unpaired) electrons. The van der Waals surface area contributed by atoms with E-state index in [0.29, 0.717) is 23.9 Å². The second-order valence-corrected chi connectivity index (χ2v) is 7.47. The van der Waals surface area contributed by atoms with Gasteiger partial charge in [-0.1, -0.05) is 36.0 Å². The molecule has 0 bridgehead atoms. The molecule has 0 spiro atoms. The molecule has 1 amide bonds. The van der Waals surface area contributed by atoms with E-state index in [1.807, 2.05) is 29.7 Å². The van der Waals surface area contributed by atoms with Crippen LogP contribution in [0.4, 0.5) is 0 Å². The molecule has 2 aromatic heterocycles. The summed E-state index contributed by atoms with van der Waals surface area (Å²) in [6.45, 7) is 2.74. The van der Waals surface area contributed by atoms with E-state index in [4.69, 9.17) is 4.42 Å². The number of aromatic nitrogens is 3. The van der Waals surface area contributed by atoms with E-state index < -0.39 is 0 Å². The fraction of sp³-hybridized carbons (Fsp3) is 0.350. The van der Waals surface area contributed by atoms with Crippen molar-refractivity contribution in [3.05, 3.63) is 53.8 Å². The molecule has 0 saturated heterocycles. The number of benzene rings is 1. The van der Waals surface area contributed by atoms with Crippen LogP contribution < -0.4 is 5.32 Å². The zero-order valence-electron chi connectivity index (χ0n) is 15.2. The predicted octanol–water partition coefficient (Wildman–Crippen LogP) is 3.84. The van der Waals surface area contributed by atoms with Crippen LogP contribution in [0.15, 0.2) is 52.2 Å². The van der Waals surface area contributed by atoms with Crippen molar-refractivity contribution >= 4 is 17.7 Å². The van der Waals surface area contributed by atoms with Crippen LogP contribution >= 0.6 is 11.8 Å². The highest BCUT2D eigenvalue weighted by Crippen LogP contribution is 2.30. The first kappa shape index (κ1) is 17.9. The lowest BCUT2D eigenvalue weighted by Gasteiger charge is -2.26. The van der Waals surface area contributed by atoms with Gasteiger partial charge in [0.25, 0.3) is 0 Å². The minimum Gasteiger partial charge on any atom is -0.461 e. The van der Waals surface area contributed by atoms with E-state index in [9.17, 15) is 4.79 Å². The Morgan fingerprint density at radius 3 is 3.00 bits per heavy atom. The van der Waals surface area contributed by atoms with Crippen molar-refractivity contribution in [3.63, 3.8) is 0 Å². The maximum atomic E-state index is 12.5. The van der Waals surface area contributed by atoms with Crippen LogP contribution in [-0.4, -0.2) is 26.4 Å². The number of thioether (sulfide) groups is 1. The molecule has 1 N–H and O–H groups in total. The molecule has 7 heteroatoms. The number of fused-ring (bicyclic) bond motifs is 1. The Balaban J connectivity index is 1.41. The van der Waals surface area contributed by atoms with Gasteiger partial charge in [-0.05, 0) is 49.4 Å². The second-order valence-electron chi connectivity index (χ2n) is 6.53. The van der Waals surface area contributed by atoms with Gasteiger partial charge in [-0.3, -0.25) is 9.36 Å². The Morgan fingerprint density at radius 1 is 1.30 bits per heavy atom. The number of furan rings is 1. The number of carbonyl (C=O) groups excluding carboxylic acids is 1. The van der Waals surface area contributed by atoms with Crippen LogP contribution in [0.25, 0.3) is 11.6 Å². The minimum absolute atomic E-state index is 0.0203. The third-order valence-electron chi connectivity index (χ3n) is 4.81. The summed E-state index contributed by atoms with van der Waals surface area (Å²) < 4.78 is 7.39. The molecular weight excluding hydrogens is 360 g/mol. The standard InChI is InChI=1S/C20H22N4O2S/c1-2-24-19(17-11-6-12-26-17)22-23-20(24)27-13-18(25)21-16-10-5-8-14-7-3-4-9-15(14)16/h3-4,6-7,9,11-12,16H,2,5,8,10,13H2,1H3,(H,21,25). The summed E-state index contributed by atoms with van der Waals surface area (Å²) in [5, 5.41) is 12.4. The predicted molar refractivity (Wildman–Crippen MR) is 104 cm³/mol. The van der Waals surface area contributed by atoms with Gasteiger partial charge in [-0.15, -0.1) is 10.2 Å². The maximum Gasteiger partial charge on any atom is 0.230 e. The first-order valence-electron chi connectivity index (χ1n) is 9.23. The van der Waals surface area contributed by atoms with Crippen LogP contribution in [0.1, 0.15) is 36.9 Å². The molecule has 0 saturated carbocycles. The number of nitrogens with zero attached hydrogens (tertiary/aromatic N) is 3. The van der Waals surface area contributed by atoms with E-state index >= 15 is 0 Å². The van der Waals surface area contributed by atoms with Gasteiger partial charge in [-0.2, -0.15) is 0 Å². The molecule has 4 rings (SSSR count). The Bertz CT molecular complexity index is 920. The van der Waals surface area contributed by atoms with E-state index in [1.165, 1.54) is 22.9 Å². The van der Waals surface area contributed by atoms with Crippen molar-refractivity contribution < 1.29 is 9.21 Å². The lowest BCUT2D eigenvalue weighted by molar-refractivity contribution is -0.119. The van der Waals surface area contributed by atoms with Crippen molar-refractivity contribution in [2.75, 3.05) is 5.75 Å². The molecule has 1 aliphatic rings. The Labute approximate surface area is 162 Å². The highest BCUT2D eigenvalue weighted by atomic mass is 32.2. The Morgan fingerprint density at radius 2 is 2.19 bits per heavy atom. The second kappa shape index (κ2) is 8.00. The van der Waals surface area contributed by atoms with Gasteiger partial charge < -0.3 is 9.73 Å². The van der Waals surface area contributed by atoms with Crippen molar-refractivity contribution in [2.45, 2.75) is 43.9 Å².